The first-order valence-electron chi connectivity index (χ1n) is 11.8. The summed E-state index contributed by atoms with van der Waals surface area (Å²) in [5, 5.41) is 5.18. The Morgan fingerprint density at radius 1 is 0.972 bits per heavy atom. The molecule has 0 saturated heterocycles. The van der Waals surface area contributed by atoms with Crippen LogP contribution >= 0.6 is 0 Å². The Morgan fingerprint density at radius 3 is 2.33 bits per heavy atom. The number of aromatic amines is 1. The fraction of sp³-hybridized carbons (Fsp3) is 0.179. The number of H-pyrrole nitrogens is 1. The molecular formula is C28H27FN4O2S. The number of pyridine rings is 1. The molecule has 0 radical (unpaired) electrons. The molecule has 0 fully saturated rings. The Bertz CT molecular complexity index is 1480. The van der Waals surface area contributed by atoms with E-state index >= 15 is 0 Å². The van der Waals surface area contributed by atoms with Crippen molar-refractivity contribution in [3.63, 3.8) is 0 Å². The maximum Gasteiger partial charge on any atom is 0.238 e. The lowest BCUT2D eigenvalue weighted by Gasteiger charge is -2.26. The van der Waals surface area contributed by atoms with Gasteiger partial charge < -0.3 is 4.98 Å². The maximum absolute atomic E-state index is 13.5. The van der Waals surface area contributed by atoms with Crippen LogP contribution < -0.4 is 5.14 Å². The van der Waals surface area contributed by atoms with Crippen molar-refractivity contribution in [3.8, 4) is 22.4 Å². The summed E-state index contributed by atoms with van der Waals surface area (Å²) < 4.78 is 36.4. The van der Waals surface area contributed by atoms with Gasteiger partial charge in [-0.3, -0.25) is 9.88 Å². The molecule has 1 aliphatic rings. The van der Waals surface area contributed by atoms with Crippen LogP contribution in [-0.2, 0) is 16.4 Å². The Morgan fingerprint density at radius 2 is 1.69 bits per heavy atom. The second-order valence-electron chi connectivity index (χ2n) is 8.91. The molecule has 0 aliphatic carbocycles. The zero-order valence-electron chi connectivity index (χ0n) is 19.7. The van der Waals surface area contributed by atoms with Gasteiger partial charge in [-0.15, -0.1) is 0 Å². The van der Waals surface area contributed by atoms with Crippen LogP contribution in [0.1, 0.15) is 17.5 Å². The van der Waals surface area contributed by atoms with Crippen molar-refractivity contribution in [1.29, 1.82) is 0 Å². The average Bonchev–Trinajstić information content (AvgIpc) is 3.34. The first kappa shape index (κ1) is 24.1. The summed E-state index contributed by atoms with van der Waals surface area (Å²) in [5.74, 6) is -0.258. The number of nitrogens with two attached hydrogens (primary N) is 1. The zero-order valence-corrected chi connectivity index (χ0v) is 20.5. The summed E-state index contributed by atoms with van der Waals surface area (Å²) in [6.07, 6.45) is 9.62. The molecule has 36 heavy (non-hydrogen) atoms. The number of benzene rings is 2. The standard InChI is InChI=1S/C28H27FN4O2S/c29-24-5-3-23(4-6-24)28-27(22-9-14-31-15-10-22)26(19-32-28)21-12-17-33(18-13-21)16-11-20-1-7-25(8-2-20)36(30,34)35/h1-10,12,14-15,19,32H,11,13,16-18H2,(H2,30,34,35). The van der Waals surface area contributed by atoms with Gasteiger partial charge in [0, 0.05) is 49.4 Å². The SMILES string of the molecule is NS(=O)(=O)c1ccc(CCN2CC=C(c3c[nH]c(-c4ccc(F)cc4)c3-c3ccncc3)CC2)cc1. The number of hydrogen-bond acceptors (Lipinski definition) is 4. The van der Waals surface area contributed by atoms with Gasteiger partial charge in [0.1, 0.15) is 5.82 Å². The van der Waals surface area contributed by atoms with Crippen LogP contribution in [-0.4, -0.2) is 42.9 Å². The highest BCUT2D eigenvalue weighted by Crippen LogP contribution is 2.39. The highest BCUT2D eigenvalue weighted by Gasteiger charge is 2.20. The smallest absolute Gasteiger partial charge is 0.238 e. The predicted octanol–water partition coefficient (Wildman–Crippen LogP) is 4.86. The van der Waals surface area contributed by atoms with E-state index in [1.54, 1.807) is 36.7 Å². The maximum atomic E-state index is 13.5. The molecule has 2 aromatic heterocycles. The minimum absolute atomic E-state index is 0.133. The third-order valence-corrected chi connectivity index (χ3v) is 7.52. The lowest BCUT2D eigenvalue weighted by Crippen LogP contribution is -2.30. The number of rotatable bonds is 7. The molecule has 6 nitrogen and oxygen atoms in total. The fourth-order valence-corrected chi connectivity index (χ4v) is 5.15. The van der Waals surface area contributed by atoms with Crippen molar-refractivity contribution in [2.24, 2.45) is 5.14 Å². The third-order valence-electron chi connectivity index (χ3n) is 6.59. The van der Waals surface area contributed by atoms with E-state index in [9.17, 15) is 12.8 Å². The molecule has 5 rings (SSSR count). The molecule has 0 atom stereocenters. The van der Waals surface area contributed by atoms with Gasteiger partial charge in [0.2, 0.25) is 10.0 Å². The minimum Gasteiger partial charge on any atom is -0.360 e. The van der Waals surface area contributed by atoms with Crippen molar-refractivity contribution in [2.75, 3.05) is 19.6 Å². The van der Waals surface area contributed by atoms with E-state index in [1.165, 1.54) is 17.7 Å². The third kappa shape index (κ3) is 5.31. The molecule has 2 aromatic carbocycles. The van der Waals surface area contributed by atoms with Gasteiger partial charge in [0.05, 0.1) is 10.6 Å². The predicted molar refractivity (Wildman–Crippen MR) is 140 cm³/mol. The minimum atomic E-state index is -3.67. The summed E-state index contributed by atoms with van der Waals surface area (Å²) in [6, 6.07) is 17.3. The number of sulfonamides is 1. The van der Waals surface area contributed by atoms with Crippen LogP contribution in [0.4, 0.5) is 4.39 Å². The fourth-order valence-electron chi connectivity index (χ4n) is 4.63. The van der Waals surface area contributed by atoms with Crippen LogP contribution in [0.2, 0.25) is 0 Å². The molecule has 8 heteroatoms. The number of aromatic nitrogens is 2. The molecule has 3 heterocycles. The Kier molecular flexibility index (Phi) is 6.82. The molecule has 184 valence electrons. The Labute approximate surface area is 210 Å². The molecule has 0 amide bonds. The van der Waals surface area contributed by atoms with Gasteiger partial charge in [-0.05, 0) is 83.6 Å². The summed E-state index contributed by atoms with van der Waals surface area (Å²) >= 11 is 0. The van der Waals surface area contributed by atoms with Crippen molar-refractivity contribution in [3.05, 3.63) is 102 Å². The van der Waals surface area contributed by atoms with E-state index in [-0.39, 0.29) is 10.7 Å². The topological polar surface area (TPSA) is 92.1 Å². The zero-order chi connectivity index (χ0) is 25.1. The summed E-state index contributed by atoms with van der Waals surface area (Å²) in [6.45, 7) is 2.63. The summed E-state index contributed by atoms with van der Waals surface area (Å²) in [5.41, 5.74) is 7.56. The summed E-state index contributed by atoms with van der Waals surface area (Å²) in [4.78, 5) is 10.1. The molecule has 0 spiro atoms. The van der Waals surface area contributed by atoms with Gasteiger partial charge >= 0.3 is 0 Å². The number of nitrogens with zero attached hydrogens (tertiary/aromatic N) is 2. The van der Waals surface area contributed by atoms with Crippen LogP contribution in [0.15, 0.2) is 90.2 Å². The average molecular weight is 503 g/mol. The number of nitrogens with one attached hydrogen (secondary N) is 1. The Balaban J connectivity index is 1.34. The molecule has 0 unspecified atom stereocenters. The van der Waals surface area contributed by atoms with E-state index in [0.717, 1.165) is 66.0 Å². The first-order valence-corrected chi connectivity index (χ1v) is 13.3. The van der Waals surface area contributed by atoms with Gasteiger partial charge in [-0.2, -0.15) is 0 Å². The molecule has 1 aliphatic heterocycles. The highest BCUT2D eigenvalue weighted by molar-refractivity contribution is 7.89. The quantitative estimate of drug-likeness (QED) is 0.377. The lowest BCUT2D eigenvalue weighted by atomic mass is 9.92. The van der Waals surface area contributed by atoms with Gasteiger partial charge in [0.25, 0.3) is 0 Å². The van der Waals surface area contributed by atoms with Crippen LogP contribution in [0.25, 0.3) is 28.0 Å². The van der Waals surface area contributed by atoms with Gasteiger partial charge in [-0.25, -0.2) is 17.9 Å². The van der Waals surface area contributed by atoms with Crippen LogP contribution in [0, 0.1) is 5.82 Å². The molecule has 3 N–H and O–H groups in total. The van der Waals surface area contributed by atoms with Gasteiger partial charge in [0.15, 0.2) is 0 Å². The highest BCUT2D eigenvalue weighted by atomic mass is 32.2. The molecular weight excluding hydrogens is 475 g/mol. The van der Waals surface area contributed by atoms with E-state index in [1.807, 2.05) is 30.5 Å². The monoisotopic (exact) mass is 502 g/mol. The second kappa shape index (κ2) is 10.2. The van der Waals surface area contributed by atoms with Crippen LogP contribution in [0.5, 0.6) is 0 Å². The van der Waals surface area contributed by atoms with Gasteiger partial charge in [-0.1, -0.05) is 18.2 Å². The summed E-state index contributed by atoms with van der Waals surface area (Å²) in [7, 11) is -3.67. The molecule has 0 saturated carbocycles. The number of primary sulfonamides is 1. The van der Waals surface area contributed by atoms with Crippen molar-refractivity contribution < 1.29 is 12.8 Å². The van der Waals surface area contributed by atoms with E-state index in [2.05, 4.69) is 20.9 Å². The van der Waals surface area contributed by atoms with E-state index in [0.29, 0.717) is 0 Å². The normalized spacial score (nSPS) is 14.6. The second-order valence-corrected chi connectivity index (χ2v) is 10.5. The van der Waals surface area contributed by atoms with E-state index < -0.39 is 10.0 Å². The van der Waals surface area contributed by atoms with Crippen molar-refractivity contribution in [2.45, 2.75) is 17.7 Å². The largest absolute Gasteiger partial charge is 0.360 e. The number of halogens is 1. The first-order chi connectivity index (χ1) is 17.4. The van der Waals surface area contributed by atoms with Crippen LogP contribution in [0.3, 0.4) is 0 Å². The lowest BCUT2D eigenvalue weighted by molar-refractivity contribution is 0.306. The number of hydrogen-bond donors (Lipinski definition) is 2. The molecule has 0 bridgehead atoms. The van der Waals surface area contributed by atoms with Crippen molar-refractivity contribution >= 4 is 15.6 Å². The van der Waals surface area contributed by atoms with E-state index in [4.69, 9.17) is 5.14 Å². The molecule has 4 aromatic rings. The Hall–Kier alpha value is -3.59. The van der Waals surface area contributed by atoms with Crippen molar-refractivity contribution in [1.82, 2.24) is 14.9 Å².